The fraction of sp³-hybridized carbons (Fsp3) is 1.00. The molecule has 0 aliphatic rings. The van der Waals surface area contributed by atoms with E-state index in [-0.39, 0.29) is 0 Å². The molecule has 7 heavy (non-hydrogen) atoms. The van der Waals surface area contributed by atoms with Crippen LogP contribution in [0.3, 0.4) is 0 Å². The van der Waals surface area contributed by atoms with Crippen LogP contribution in [0.1, 0.15) is 6.42 Å². The van der Waals surface area contributed by atoms with E-state index in [4.69, 9.17) is 5.73 Å². The van der Waals surface area contributed by atoms with E-state index in [1.54, 1.807) is 6.55 Å². The molecule has 2 N–H and O–H groups in total. The van der Waals surface area contributed by atoms with Crippen LogP contribution in [0.5, 0.6) is 0 Å². The van der Waals surface area contributed by atoms with Gasteiger partial charge in [-0.2, -0.15) is 0 Å². The molecule has 3 heteroatoms. The minimum absolute atomic E-state index is 0.671. The zero-order valence-corrected chi connectivity index (χ0v) is 5.61. The lowest BCUT2D eigenvalue weighted by atomic mass is 10.5. The van der Waals surface area contributed by atoms with Gasteiger partial charge >= 0.3 is 0 Å². The molecule has 0 aromatic heterocycles. The molecule has 0 unspecified atom stereocenters. The number of hydrogen-bond acceptors (Lipinski definition) is 2. The van der Waals surface area contributed by atoms with E-state index in [0.29, 0.717) is 6.54 Å². The van der Waals surface area contributed by atoms with Gasteiger partial charge < -0.3 is 10.2 Å². The zero-order chi connectivity index (χ0) is 5.70. The average molecular weight is 117 g/mol. The van der Waals surface area contributed by atoms with E-state index in [1.807, 2.05) is 0 Å². The van der Waals surface area contributed by atoms with Gasteiger partial charge in [0.15, 0.2) is 0 Å². The second-order valence-electron chi connectivity index (χ2n) is 1.59. The number of hydrogen-bond donors (Lipinski definition) is 1. The van der Waals surface area contributed by atoms with Crippen molar-refractivity contribution in [2.75, 3.05) is 6.54 Å². The lowest BCUT2D eigenvalue weighted by Crippen LogP contribution is -2.01. The van der Waals surface area contributed by atoms with Crippen molar-refractivity contribution < 1.29 is 4.46 Å². The van der Waals surface area contributed by atoms with Crippen molar-refractivity contribution in [1.29, 1.82) is 0 Å². The van der Waals surface area contributed by atoms with Crippen molar-refractivity contribution in [1.82, 2.24) is 0 Å². The lowest BCUT2D eigenvalue weighted by Gasteiger charge is -1.85. The summed E-state index contributed by atoms with van der Waals surface area (Å²) in [5, 5.41) is 0. The summed E-state index contributed by atoms with van der Waals surface area (Å²) in [6.45, 7) is 2.44. The summed E-state index contributed by atoms with van der Waals surface area (Å²) in [7, 11) is -1.23. The first kappa shape index (κ1) is 6.98. The molecule has 0 fully saturated rings. The molecule has 0 aromatic carbocycles. The Morgan fingerprint density at radius 2 is 2.29 bits per heavy atom. The summed E-state index contributed by atoms with van der Waals surface area (Å²) in [4.78, 5) is 0. The molecule has 0 saturated carbocycles. The van der Waals surface area contributed by atoms with Crippen LogP contribution in [-0.2, 0) is 4.46 Å². The first-order valence-electron chi connectivity index (χ1n) is 2.47. The Hall–Kier alpha value is -0.0231. The fourth-order valence-electron chi connectivity index (χ4n) is 0.351. The summed E-state index contributed by atoms with van der Waals surface area (Å²) in [5.74, 6) is 0. The summed E-state index contributed by atoms with van der Waals surface area (Å²) in [6, 6.07) is 0.821. The molecular weight excluding hydrogens is 106 g/mol. The maximum absolute atomic E-state index is 10.3. The van der Waals surface area contributed by atoms with Gasteiger partial charge in [-0.3, -0.25) is 0 Å². The molecule has 0 heterocycles. The molecule has 0 radical (unpaired) electrons. The smallest absolute Gasteiger partial charge is 0.273 e. The minimum Gasteiger partial charge on any atom is -0.389 e. The number of rotatable bonds is 3. The van der Waals surface area contributed by atoms with Gasteiger partial charge in [0, 0.05) is 0 Å². The minimum atomic E-state index is -1.23. The SMILES string of the molecule is C[Si](=O)CCCN. The third-order valence-electron chi connectivity index (χ3n) is 0.733. The fourth-order valence-corrected chi connectivity index (χ4v) is 1.05. The van der Waals surface area contributed by atoms with Crippen LogP contribution >= 0.6 is 0 Å². The largest absolute Gasteiger partial charge is 0.389 e. The highest BCUT2D eigenvalue weighted by Gasteiger charge is 1.91. The Kier molecular flexibility index (Phi) is 4.13. The van der Waals surface area contributed by atoms with Gasteiger partial charge in [0.1, 0.15) is 0 Å². The molecule has 0 aromatic rings. The summed E-state index contributed by atoms with van der Waals surface area (Å²) < 4.78 is 10.3. The van der Waals surface area contributed by atoms with E-state index < -0.39 is 8.68 Å². The van der Waals surface area contributed by atoms with Crippen LogP contribution < -0.4 is 5.73 Å². The predicted molar refractivity (Wildman–Crippen MR) is 30.8 cm³/mol. The molecule has 0 amide bonds. The third kappa shape index (κ3) is 5.98. The Labute approximate surface area is 45.4 Å². The van der Waals surface area contributed by atoms with Crippen molar-refractivity contribution in [2.45, 2.75) is 19.0 Å². The highest BCUT2D eigenvalue weighted by molar-refractivity contribution is 6.40. The van der Waals surface area contributed by atoms with Crippen LogP contribution in [0, 0.1) is 0 Å². The van der Waals surface area contributed by atoms with Crippen molar-refractivity contribution in [3.8, 4) is 0 Å². The van der Waals surface area contributed by atoms with Crippen LogP contribution in [0.2, 0.25) is 12.6 Å². The monoisotopic (exact) mass is 117 g/mol. The van der Waals surface area contributed by atoms with Crippen LogP contribution in [-0.4, -0.2) is 15.2 Å². The van der Waals surface area contributed by atoms with Crippen molar-refractivity contribution in [3.05, 3.63) is 0 Å². The van der Waals surface area contributed by atoms with Crippen molar-refractivity contribution in [2.24, 2.45) is 5.73 Å². The summed E-state index contributed by atoms with van der Waals surface area (Å²) in [5.41, 5.74) is 5.15. The van der Waals surface area contributed by atoms with E-state index in [9.17, 15) is 4.46 Å². The van der Waals surface area contributed by atoms with E-state index in [2.05, 4.69) is 0 Å². The van der Waals surface area contributed by atoms with Gasteiger partial charge in [-0.05, 0) is 25.6 Å². The summed E-state index contributed by atoms with van der Waals surface area (Å²) >= 11 is 0. The molecule has 0 saturated heterocycles. The number of nitrogens with two attached hydrogens (primary N) is 1. The Bertz CT molecular complexity index is 64.7. The highest BCUT2D eigenvalue weighted by atomic mass is 28.3. The Morgan fingerprint density at radius 1 is 1.71 bits per heavy atom. The Morgan fingerprint density at radius 3 is 2.43 bits per heavy atom. The molecule has 0 rings (SSSR count). The lowest BCUT2D eigenvalue weighted by molar-refractivity contribution is 0.562. The molecular formula is C4H11NOSi. The molecule has 0 bridgehead atoms. The first-order valence-corrected chi connectivity index (χ1v) is 4.58. The quantitative estimate of drug-likeness (QED) is 0.543. The van der Waals surface area contributed by atoms with Crippen LogP contribution in [0.4, 0.5) is 0 Å². The second-order valence-corrected chi connectivity index (χ2v) is 3.50. The molecule has 2 nitrogen and oxygen atoms in total. The first-order chi connectivity index (χ1) is 3.27. The zero-order valence-electron chi connectivity index (χ0n) is 4.61. The standard InChI is InChI=1S/C4H11NOSi/c1-7(6)4-2-3-5/h2-5H2,1H3. The second kappa shape index (κ2) is 4.14. The molecule has 42 valence electrons. The van der Waals surface area contributed by atoms with Gasteiger partial charge in [0.25, 0.3) is 8.68 Å². The van der Waals surface area contributed by atoms with Gasteiger partial charge in [0.2, 0.25) is 0 Å². The molecule has 0 atom stereocenters. The summed E-state index contributed by atoms with van der Waals surface area (Å²) in [6.07, 6.45) is 0.911. The van der Waals surface area contributed by atoms with E-state index in [0.717, 1.165) is 12.5 Å². The molecule has 0 aliphatic heterocycles. The van der Waals surface area contributed by atoms with Gasteiger partial charge in [-0.1, -0.05) is 0 Å². The van der Waals surface area contributed by atoms with Crippen LogP contribution in [0.15, 0.2) is 0 Å². The van der Waals surface area contributed by atoms with Gasteiger partial charge in [0.05, 0.1) is 0 Å². The third-order valence-corrected chi connectivity index (χ3v) is 1.79. The normalized spacial score (nSPS) is 8.86. The maximum atomic E-state index is 10.3. The van der Waals surface area contributed by atoms with Crippen LogP contribution in [0.25, 0.3) is 0 Å². The predicted octanol–water partition coefficient (Wildman–Crippen LogP) is 0.387. The van der Waals surface area contributed by atoms with Gasteiger partial charge in [-0.15, -0.1) is 0 Å². The van der Waals surface area contributed by atoms with Crippen molar-refractivity contribution >= 4 is 8.68 Å². The van der Waals surface area contributed by atoms with E-state index >= 15 is 0 Å². The van der Waals surface area contributed by atoms with E-state index in [1.165, 1.54) is 0 Å². The Balaban J connectivity index is 2.82. The highest BCUT2D eigenvalue weighted by Crippen LogP contribution is 1.85. The van der Waals surface area contributed by atoms with Crippen molar-refractivity contribution in [3.63, 3.8) is 0 Å². The molecule has 0 spiro atoms. The molecule has 0 aliphatic carbocycles. The average Bonchev–Trinajstić information content (AvgIpc) is 1.61. The van der Waals surface area contributed by atoms with Gasteiger partial charge in [-0.25, -0.2) is 0 Å². The maximum Gasteiger partial charge on any atom is 0.273 e. The topological polar surface area (TPSA) is 43.1 Å².